The largest absolute Gasteiger partial charge is 0.489 e. The minimum absolute atomic E-state index is 0.0503. The van der Waals surface area contributed by atoms with Crippen LogP contribution in [0.5, 0.6) is 5.75 Å². The topological polar surface area (TPSA) is 35.5 Å². The summed E-state index contributed by atoms with van der Waals surface area (Å²) < 4.78 is 11.2. The molecule has 0 saturated heterocycles. The Morgan fingerprint density at radius 2 is 1.92 bits per heavy atom. The van der Waals surface area contributed by atoms with E-state index in [1.165, 1.54) is 5.56 Å². The molecule has 0 N–H and O–H groups in total. The molecule has 1 aromatic rings. The summed E-state index contributed by atoms with van der Waals surface area (Å²) in [6.07, 6.45) is 7.19. The lowest BCUT2D eigenvalue weighted by molar-refractivity contribution is -0.156. The fourth-order valence-corrected chi connectivity index (χ4v) is 2.66. The van der Waals surface area contributed by atoms with Crippen molar-refractivity contribution < 1.29 is 14.3 Å². The van der Waals surface area contributed by atoms with Gasteiger partial charge in [-0.15, -0.1) is 0 Å². The minimum Gasteiger partial charge on any atom is -0.489 e. The molecule has 0 aromatic heterocycles. The van der Waals surface area contributed by atoms with Crippen molar-refractivity contribution >= 4 is 5.97 Å². The highest BCUT2D eigenvalue weighted by atomic mass is 16.6. The Labute approximate surface area is 151 Å². The normalized spacial score (nSPS) is 19.9. The van der Waals surface area contributed by atoms with Crippen LogP contribution in [0.4, 0.5) is 0 Å². The van der Waals surface area contributed by atoms with Gasteiger partial charge in [0.1, 0.15) is 18.0 Å². The third-order valence-corrected chi connectivity index (χ3v) is 4.05. The third kappa shape index (κ3) is 6.26. The molecule has 3 nitrogen and oxygen atoms in total. The van der Waals surface area contributed by atoms with Gasteiger partial charge in [-0.05, 0) is 62.8 Å². The molecular formula is C22H28O3. The summed E-state index contributed by atoms with van der Waals surface area (Å²) in [5.41, 5.74) is 1.79. The zero-order valence-electron chi connectivity index (χ0n) is 15.5. The average molecular weight is 340 g/mol. The van der Waals surface area contributed by atoms with Gasteiger partial charge in [-0.3, -0.25) is 4.79 Å². The van der Waals surface area contributed by atoms with Crippen LogP contribution < -0.4 is 4.74 Å². The molecule has 1 aromatic carbocycles. The first-order valence-electron chi connectivity index (χ1n) is 8.71. The maximum absolute atomic E-state index is 12.0. The lowest BCUT2D eigenvalue weighted by Gasteiger charge is -2.19. The monoisotopic (exact) mass is 340 g/mol. The molecule has 0 bridgehead atoms. The Hall–Kier alpha value is -2.29. The van der Waals surface area contributed by atoms with Crippen LogP contribution in [0.25, 0.3) is 0 Å². The number of allylic oxidation sites excluding steroid dienone is 2. The van der Waals surface area contributed by atoms with Gasteiger partial charge in [0.15, 0.2) is 0 Å². The molecule has 0 heterocycles. The van der Waals surface area contributed by atoms with Crippen molar-refractivity contribution in [2.75, 3.05) is 6.61 Å². The molecular weight excluding hydrogens is 312 g/mol. The van der Waals surface area contributed by atoms with Crippen LogP contribution in [0.3, 0.4) is 0 Å². The second-order valence-electron chi connectivity index (χ2n) is 7.45. The van der Waals surface area contributed by atoms with E-state index < -0.39 is 5.60 Å². The molecule has 3 heteroatoms. The van der Waals surface area contributed by atoms with Crippen LogP contribution in [0.1, 0.15) is 32.8 Å². The molecule has 0 unspecified atom stereocenters. The molecule has 1 aliphatic rings. The fourth-order valence-electron chi connectivity index (χ4n) is 2.66. The van der Waals surface area contributed by atoms with Gasteiger partial charge in [-0.2, -0.15) is 0 Å². The predicted octanol–water partition coefficient (Wildman–Crippen LogP) is 4.88. The van der Waals surface area contributed by atoms with Gasteiger partial charge in [-0.25, -0.2) is 0 Å². The number of carbonyl (C=O) groups excluding carboxylic acids is 1. The highest BCUT2D eigenvalue weighted by molar-refractivity contribution is 5.76. The summed E-state index contributed by atoms with van der Waals surface area (Å²) in [7, 11) is 0. The maximum atomic E-state index is 12.0. The minimum atomic E-state index is -0.409. The first-order valence-corrected chi connectivity index (χ1v) is 8.71. The van der Waals surface area contributed by atoms with E-state index in [1.807, 2.05) is 39.0 Å². The molecule has 1 saturated carbocycles. The van der Waals surface area contributed by atoms with E-state index in [2.05, 4.69) is 25.3 Å². The second-order valence-corrected chi connectivity index (χ2v) is 7.45. The number of rotatable bonds is 8. The summed E-state index contributed by atoms with van der Waals surface area (Å²) in [6, 6.07) is 8.05. The van der Waals surface area contributed by atoms with Gasteiger partial charge in [-0.1, -0.05) is 43.5 Å². The quantitative estimate of drug-likeness (QED) is 0.499. The lowest BCUT2D eigenvalue weighted by atomic mass is 10.1. The Morgan fingerprint density at radius 1 is 1.24 bits per heavy atom. The van der Waals surface area contributed by atoms with Crippen molar-refractivity contribution in [2.24, 2.45) is 11.8 Å². The highest BCUT2D eigenvalue weighted by Gasteiger charge is 2.44. The van der Waals surface area contributed by atoms with Crippen molar-refractivity contribution in [3.63, 3.8) is 0 Å². The van der Waals surface area contributed by atoms with E-state index in [4.69, 9.17) is 9.47 Å². The van der Waals surface area contributed by atoms with Crippen molar-refractivity contribution in [3.8, 4) is 5.75 Å². The van der Waals surface area contributed by atoms with Gasteiger partial charge < -0.3 is 9.47 Å². The SMILES string of the molecule is C=C/C=C(\C=C)COc1ccc(C[C@@H]2C[C@@H]2C(=O)OC(C)(C)C)cc1. The predicted molar refractivity (Wildman–Crippen MR) is 102 cm³/mol. The fraction of sp³-hybridized carbons (Fsp3) is 0.409. The molecule has 2 atom stereocenters. The molecule has 1 aliphatic carbocycles. The van der Waals surface area contributed by atoms with E-state index in [0.717, 1.165) is 24.2 Å². The summed E-state index contributed by atoms with van der Waals surface area (Å²) in [4.78, 5) is 12.0. The number of benzene rings is 1. The van der Waals surface area contributed by atoms with E-state index in [9.17, 15) is 4.79 Å². The highest BCUT2D eigenvalue weighted by Crippen LogP contribution is 2.42. The van der Waals surface area contributed by atoms with Gasteiger partial charge in [0.05, 0.1) is 5.92 Å². The molecule has 0 radical (unpaired) electrons. The number of hydrogen-bond donors (Lipinski definition) is 0. The third-order valence-electron chi connectivity index (χ3n) is 4.05. The summed E-state index contributed by atoms with van der Waals surface area (Å²) in [5, 5.41) is 0. The van der Waals surface area contributed by atoms with Gasteiger partial charge in [0.25, 0.3) is 0 Å². The van der Waals surface area contributed by atoms with Crippen LogP contribution >= 0.6 is 0 Å². The number of carbonyl (C=O) groups is 1. The van der Waals surface area contributed by atoms with Crippen LogP contribution in [-0.2, 0) is 16.0 Å². The smallest absolute Gasteiger partial charge is 0.309 e. The first kappa shape index (κ1) is 19.0. The maximum Gasteiger partial charge on any atom is 0.309 e. The Balaban J connectivity index is 1.82. The Kier molecular flexibility index (Phi) is 6.24. The van der Waals surface area contributed by atoms with Crippen LogP contribution in [0, 0.1) is 11.8 Å². The van der Waals surface area contributed by atoms with Crippen molar-refractivity contribution in [3.05, 3.63) is 66.8 Å². The number of esters is 1. The summed E-state index contributed by atoms with van der Waals surface area (Å²) in [5.74, 6) is 1.20. The molecule has 134 valence electrons. The first-order chi connectivity index (χ1) is 11.8. The van der Waals surface area contributed by atoms with Crippen molar-refractivity contribution in [2.45, 2.75) is 39.2 Å². The number of hydrogen-bond acceptors (Lipinski definition) is 3. The standard InChI is InChI=1S/C22H28O3/c1-6-8-16(7-2)15-24-19-11-9-17(10-12-19)13-18-14-20(18)21(23)25-22(3,4)5/h6-12,18,20H,1-2,13-15H2,3-5H3/b16-8+/t18-,20+/m1/s1. The van der Waals surface area contributed by atoms with E-state index in [0.29, 0.717) is 12.5 Å². The van der Waals surface area contributed by atoms with Crippen molar-refractivity contribution in [1.29, 1.82) is 0 Å². The summed E-state index contributed by atoms with van der Waals surface area (Å²) >= 11 is 0. The number of ether oxygens (including phenoxy) is 2. The van der Waals surface area contributed by atoms with E-state index in [1.54, 1.807) is 12.2 Å². The van der Waals surface area contributed by atoms with Crippen molar-refractivity contribution in [1.82, 2.24) is 0 Å². The molecule has 0 spiro atoms. The zero-order chi connectivity index (χ0) is 18.4. The van der Waals surface area contributed by atoms with Crippen LogP contribution in [0.2, 0.25) is 0 Å². The van der Waals surface area contributed by atoms with E-state index >= 15 is 0 Å². The zero-order valence-corrected chi connectivity index (χ0v) is 15.5. The molecule has 0 aliphatic heterocycles. The van der Waals surface area contributed by atoms with Crippen LogP contribution in [0.15, 0.2) is 61.2 Å². The van der Waals surface area contributed by atoms with E-state index in [-0.39, 0.29) is 11.9 Å². The average Bonchev–Trinajstić information content (AvgIpc) is 3.30. The Morgan fingerprint density at radius 3 is 2.48 bits per heavy atom. The van der Waals surface area contributed by atoms with Gasteiger partial charge in [0.2, 0.25) is 0 Å². The van der Waals surface area contributed by atoms with Crippen LogP contribution in [-0.4, -0.2) is 18.2 Å². The molecule has 1 fully saturated rings. The van der Waals surface area contributed by atoms with Gasteiger partial charge >= 0.3 is 5.97 Å². The Bertz CT molecular complexity index is 647. The second kappa shape index (κ2) is 8.19. The molecule has 0 amide bonds. The molecule has 2 rings (SSSR count). The molecule has 25 heavy (non-hydrogen) atoms. The van der Waals surface area contributed by atoms with Gasteiger partial charge in [0, 0.05) is 0 Å². The lowest BCUT2D eigenvalue weighted by Crippen LogP contribution is -2.25. The summed E-state index contributed by atoms with van der Waals surface area (Å²) in [6.45, 7) is 13.6.